The lowest BCUT2D eigenvalue weighted by molar-refractivity contribution is -0.164. The molecule has 1 aromatic heterocycles. The molecule has 2 heterocycles. The van der Waals surface area contributed by atoms with Crippen LogP contribution in [0.1, 0.15) is 69.9 Å². The van der Waals surface area contributed by atoms with E-state index < -0.39 is 47.8 Å². The number of rotatable bonds is 6. The molecule has 0 bridgehead atoms. The summed E-state index contributed by atoms with van der Waals surface area (Å²) in [5.74, 6) is -6.51. The molecule has 1 aromatic carbocycles. The van der Waals surface area contributed by atoms with Gasteiger partial charge in [0.2, 0.25) is 5.91 Å². The molecule has 0 spiro atoms. The molecule has 192 valence electrons. The highest BCUT2D eigenvalue weighted by Crippen LogP contribution is 2.46. The van der Waals surface area contributed by atoms with Crippen molar-refractivity contribution in [3.8, 4) is 0 Å². The molecule has 36 heavy (non-hydrogen) atoms. The van der Waals surface area contributed by atoms with Gasteiger partial charge in [-0.3, -0.25) is 19.2 Å². The van der Waals surface area contributed by atoms with Crippen molar-refractivity contribution in [3.05, 3.63) is 51.3 Å². The maximum atomic E-state index is 13.6. The third-order valence-electron chi connectivity index (χ3n) is 7.00. The SMILES string of the molecule is CNC(=O)C1(NC(=O)C(=O)c2c(C)c(C(=O)Nc3ccc(C)c(Cl)c3)n3c2CC[C@H]3C)CC(F)(F)C1. The van der Waals surface area contributed by atoms with Crippen molar-refractivity contribution in [2.75, 3.05) is 12.4 Å². The highest BCUT2D eigenvalue weighted by atomic mass is 35.5. The molecule has 8 nitrogen and oxygen atoms in total. The Bertz CT molecular complexity index is 1300. The lowest BCUT2D eigenvalue weighted by Gasteiger charge is -2.45. The molecule has 3 N–H and O–H groups in total. The summed E-state index contributed by atoms with van der Waals surface area (Å²) in [6.07, 6.45) is -0.675. The van der Waals surface area contributed by atoms with Crippen molar-refractivity contribution in [2.24, 2.45) is 0 Å². The van der Waals surface area contributed by atoms with Crippen LogP contribution in [0.3, 0.4) is 0 Å². The van der Waals surface area contributed by atoms with Gasteiger partial charge >= 0.3 is 0 Å². The fraction of sp³-hybridized carbons (Fsp3) is 0.440. The van der Waals surface area contributed by atoms with Gasteiger partial charge in [0.15, 0.2) is 0 Å². The smallest absolute Gasteiger partial charge is 0.293 e. The predicted molar refractivity (Wildman–Crippen MR) is 130 cm³/mol. The van der Waals surface area contributed by atoms with Crippen LogP contribution in [0.4, 0.5) is 14.5 Å². The van der Waals surface area contributed by atoms with Crippen molar-refractivity contribution in [1.29, 1.82) is 0 Å². The average Bonchev–Trinajstić information content (AvgIpc) is 3.29. The van der Waals surface area contributed by atoms with Gasteiger partial charge in [-0.2, -0.15) is 0 Å². The summed E-state index contributed by atoms with van der Waals surface area (Å²) < 4.78 is 29.0. The van der Waals surface area contributed by atoms with E-state index in [4.69, 9.17) is 11.6 Å². The molecule has 2 aliphatic rings. The van der Waals surface area contributed by atoms with E-state index in [9.17, 15) is 28.0 Å². The minimum atomic E-state index is -3.12. The number of halogens is 3. The van der Waals surface area contributed by atoms with Crippen molar-refractivity contribution in [3.63, 3.8) is 0 Å². The van der Waals surface area contributed by atoms with Crippen LogP contribution in [0.2, 0.25) is 5.02 Å². The van der Waals surface area contributed by atoms with E-state index in [0.717, 1.165) is 5.56 Å². The summed E-state index contributed by atoms with van der Waals surface area (Å²) in [5, 5.41) is 7.80. The Morgan fingerprint density at radius 1 is 1.14 bits per heavy atom. The number of ketones is 1. The molecular formula is C25H27ClF2N4O4. The molecule has 0 unspecified atom stereocenters. The summed E-state index contributed by atoms with van der Waals surface area (Å²) >= 11 is 6.17. The van der Waals surface area contributed by atoms with E-state index in [1.54, 1.807) is 29.7 Å². The molecule has 1 saturated carbocycles. The Kier molecular flexibility index (Phi) is 6.45. The van der Waals surface area contributed by atoms with E-state index in [1.165, 1.54) is 7.05 Å². The van der Waals surface area contributed by atoms with Gasteiger partial charge in [-0.1, -0.05) is 17.7 Å². The minimum absolute atomic E-state index is 0.0575. The Morgan fingerprint density at radius 3 is 2.39 bits per heavy atom. The zero-order valence-electron chi connectivity index (χ0n) is 20.4. The van der Waals surface area contributed by atoms with Crippen LogP contribution in [0.15, 0.2) is 18.2 Å². The first-order valence-corrected chi connectivity index (χ1v) is 12.0. The zero-order chi connectivity index (χ0) is 26.6. The van der Waals surface area contributed by atoms with E-state index in [-0.39, 0.29) is 17.3 Å². The van der Waals surface area contributed by atoms with Gasteiger partial charge in [-0.15, -0.1) is 0 Å². The van der Waals surface area contributed by atoms with Gasteiger partial charge in [0, 0.05) is 42.3 Å². The number of carbonyl (C=O) groups excluding carboxylic acids is 4. The maximum Gasteiger partial charge on any atom is 0.293 e. The summed E-state index contributed by atoms with van der Waals surface area (Å²) in [5.41, 5.74) is 0.586. The number of anilines is 1. The molecule has 3 amide bonds. The number of fused-ring (bicyclic) bond motifs is 1. The van der Waals surface area contributed by atoms with Gasteiger partial charge in [-0.05, 0) is 56.9 Å². The van der Waals surface area contributed by atoms with Crippen molar-refractivity contribution < 1.29 is 28.0 Å². The van der Waals surface area contributed by atoms with Crippen LogP contribution in [-0.4, -0.2) is 46.6 Å². The number of hydrogen-bond acceptors (Lipinski definition) is 4. The first-order valence-electron chi connectivity index (χ1n) is 11.6. The lowest BCUT2D eigenvalue weighted by Crippen LogP contribution is -2.69. The zero-order valence-corrected chi connectivity index (χ0v) is 21.1. The quantitative estimate of drug-likeness (QED) is 0.398. The molecular weight excluding hydrogens is 494 g/mol. The highest BCUT2D eigenvalue weighted by Gasteiger charge is 2.62. The van der Waals surface area contributed by atoms with Gasteiger partial charge in [0.05, 0.1) is 5.56 Å². The first kappa shape index (κ1) is 25.8. The van der Waals surface area contributed by atoms with E-state index in [2.05, 4.69) is 16.0 Å². The number of nitrogens with zero attached hydrogens (tertiary/aromatic N) is 1. The van der Waals surface area contributed by atoms with E-state index in [0.29, 0.717) is 34.8 Å². The van der Waals surface area contributed by atoms with Crippen molar-refractivity contribution >= 4 is 40.8 Å². The van der Waals surface area contributed by atoms with E-state index in [1.807, 2.05) is 13.8 Å². The van der Waals surface area contributed by atoms with Crippen LogP contribution in [0.5, 0.6) is 0 Å². The monoisotopic (exact) mass is 520 g/mol. The number of likely N-dealkylation sites (N-methyl/N-ethyl adjacent to an activating group) is 1. The van der Waals surface area contributed by atoms with E-state index >= 15 is 0 Å². The Labute approximate surface area is 211 Å². The molecule has 1 atom stereocenters. The number of alkyl halides is 2. The van der Waals surface area contributed by atoms with Gasteiger partial charge in [0.1, 0.15) is 11.2 Å². The number of Topliss-reactive ketones (excluding diaryl/α,β-unsaturated/α-hetero) is 1. The molecule has 11 heteroatoms. The number of hydrogen-bond donors (Lipinski definition) is 3. The molecule has 1 fully saturated rings. The second-order valence-corrected chi connectivity index (χ2v) is 10.0. The lowest BCUT2D eigenvalue weighted by atomic mass is 9.72. The topological polar surface area (TPSA) is 109 Å². The van der Waals surface area contributed by atoms with Crippen LogP contribution in [-0.2, 0) is 16.0 Å². The largest absolute Gasteiger partial charge is 0.357 e. The van der Waals surface area contributed by atoms with Gasteiger partial charge in [0.25, 0.3) is 23.5 Å². The molecule has 1 aliphatic heterocycles. The van der Waals surface area contributed by atoms with Crippen LogP contribution in [0.25, 0.3) is 0 Å². The maximum absolute atomic E-state index is 13.6. The normalized spacial score (nSPS) is 19.1. The molecule has 1 aliphatic carbocycles. The summed E-state index contributed by atoms with van der Waals surface area (Å²) in [7, 11) is 1.27. The van der Waals surface area contributed by atoms with Crippen LogP contribution < -0.4 is 16.0 Å². The van der Waals surface area contributed by atoms with Gasteiger partial charge < -0.3 is 20.5 Å². The number of benzene rings is 1. The summed E-state index contributed by atoms with van der Waals surface area (Å²) in [6.45, 7) is 5.31. The summed E-state index contributed by atoms with van der Waals surface area (Å²) in [6, 6.07) is 4.99. The molecule has 4 rings (SSSR count). The third kappa shape index (κ3) is 4.27. The number of carbonyl (C=O) groups is 4. The second-order valence-electron chi connectivity index (χ2n) is 9.63. The van der Waals surface area contributed by atoms with Crippen LogP contribution in [0, 0.1) is 13.8 Å². The van der Waals surface area contributed by atoms with Gasteiger partial charge in [-0.25, -0.2) is 8.78 Å². The molecule has 0 radical (unpaired) electrons. The molecule has 2 aromatic rings. The fourth-order valence-corrected chi connectivity index (χ4v) is 5.36. The number of aromatic nitrogens is 1. The number of nitrogens with one attached hydrogen (secondary N) is 3. The average molecular weight is 521 g/mol. The summed E-state index contributed by atoms with van der Waals surface area (Å²) in [4.78, 5) is 51.8. The second kappa shape index (κ2) is 8.99. The Morgan fingerprint density at radius 2 is 1.81 bits per heavy atom. The highest BCUT2D eigenvalue weighted by molar-refractivity contribution is 6.44. The predicted octanol–water partition coefficient (Wildman–Crippen LogP) is 3.73. The third-order valence-corrected chi connectivity index (χ3v) is 7.41. The Hall–Kier alpha value is -3.27. The van der Waals surface area contributed by atoms with Crippen molar-refractivity contribution in [2.45, 2.75) is 64.0 Å². The first-order chi connectivity index (χ1) is 16.8. The minimum Gasteiger partial charge on any atom is -0.357 e. The fourth-order valence-electron chi connectivity index (χ4n) is 5.18. The number of aryl methyl sites for hydroxylation is 1. The Balaban J connectivity index is 1.66. The molecule has 0 saturated heterocycles. The van der Waals surface area contributed by atoms with Crippen molar-refractivity contribution in [1.82, 2.24) is 15.2 Å². The van der Waals surface area contributed by atoms with Crippen LogP contribution >= 0.6 is 11.6 Å². The number of amides is 3. The standard InChI is InChI=1S/C25H27ClF2N4O4/c1-12-5-7-15(9-16(12)26)30-21(34)19-14(3)18(17-8-6-13(2)32(17)19)20(33)22(35)31-24(23(36)29-4)10-25(27,28)11-24/h5,7,9,13H,6,8,10-11H2,1-4H3,(H,29,36)(H,30,34)(H,31,35)/t13-/m1/s1.